The Morgan fingerprint density at radius 2 is 1.89 bits per heavy atom. The van der Waals surface area contributed by atoms with E-state index in [-0.39, 0.29) is 24.9 Å². The van der Waals surface area contributed by atoms with E-state index in [1.165, 1.54) is 11.0 Å². The highest BCUT2D eigenvalue weighted by Gasteiger charge is 2.19. The second-order valence-corrected chi connectivity index (χ2v) is 4.91. The number of carbonyl (C=O) groups is 1. The van der Waals surface area contributed by atoms with Gasteiger partial charge in [0.05, 0.1) is 12.5 Å². The molecular formula is C14H19F2NO2. The third-order valence-electron chi connectivity index (χ3n) is 2.74. The molecule has 3 nitrogen and oxygen atoms in total. The van der Waals surface area contributed by atoms with Crippen molar-refractivity contribution in [2.24, 2.45) is 0 Å². The Bertz CT molecular complexity index is 447. The minimum Gasteiger partial charge on any atom is -0.392 e. The van der Waals surface area contributed by atoms with Crippen molar-refractivity contribution >= 4 is 5.91 Å². The molecule has 0 aliphatic heterocycles. The Kier molecular flexibility index (Phi) is 5.42. The van der Waals surface area contributed by atoms with Crippen molar-refractivity contribution in [2.75, 3.05) is 6.54 Å². The Morgan fingerprint density at radius 3 is 2.37 bits per heavy atom. The first kappa shape index (κ1) is 15.6. The summed E-state index contributed by atoms with van der Waals surface area (Å²) in [5, 5.41) is 9.36. The summed E-state index contributed by atoms with van der Waals surface area (Å²) in [6.45, 7) is 5.50. The number of rotatable bonds is 5. The van der Waals surface area contributed by atoms with Crippen LogP contribution in [0.15, 0.2) is 18.2 Å². The molecule has 106 valence electrons. The van der Waals surface area contributed by atoms with Crippen LogP contribution in [0, 0.1) is 11.6 Å². The molecule has 0 heterocycles. The second-order valence-electron chi connectivity index (χ2n) is 4.91. The molecule has 5 heteroatoms. The van der Waals surface area contributed by atoms with Gasteiger partial charge in [-0.2, -0.15) is 0 Å². The van der Waals surface area contributed by atoms with Crippen LogP contribution in [0.25, 0.3) is 0 Å². The number of amides is 1. The maximum absolute atomic E-state index is 13.1. The summed E-state index contributed by atoms with van der Waals surface area (Å²) in [5.74, 6) is -2.11. The molecule has 0 aliphatic rings. The van der Waals surface area contributed by atoms with Crippen LogP contribution in [0.4, 0.5) is 8.78 Å². The van der Waals surface area contributed by atoms with Crippen LogP contribution in [-0.4, -0.2) is 34.6 Å². The largest absolute Gasteiger partial charge is 0.392 e. The number of nitrogens with zero attached hydrogens (tertiary/aromatic N) is 1. The second kappa shape index (κ2) is 6.61. The van der Waals surface area contributed by atoms with Gasteiger partial charge in [0.2, 0.25) is 5.91 Å². The van der Waals surface area contributed by atoms with E-state index in [2.05, 4.69) is 0 Å². The molecule has 0 unspecified atom stereocenters. The molecule has 1 N–H and O–H groups in total. The van der Waals surface area contributed by atoms with Crippen molar-refractivity contribution in [3.8, 4) is 0 Å². The maximum atomic E-state index is 13.1. The SMILES string of the molecule is CC(C)N(C[C@@H](C)O)C(=O)Cc1ccc(F)c(F)c1. The van der Waals surface area contributed by atoms with Gasteiger partial charge in [-0.25, -0.2) is 8.78 Å². The first-order valence-corrected chi connectivity index (χ1v) is 6.22. The van der Waals surface area contributed by atoms with Crippen LogP contribution in [-0.2, 0) is 11.2 Å². The van der Waals surface area contributed by atoms with Crippen molar-refractivity contribution in [1.82, 2.24) is 4.90 Å². The van der Waals surface area contributed by atoms with E-state index in [1.807, 2.05) is 13.8 Å². The molecule has 0 radical (unpaired) electrons. The summed E-state index contributed by atoms with van der Waals surface area (Å²) in [5.41, 5.74) is 0.417. The Labute approximate surface area is 111 Å². The zero-order valence-electron chi connectivity index (χ0n) is 11.4. The molecular weight excluding hydrogens is 252 g/mol. The molecule has 1 aromatic rings. The van der Waals surface area contributed by atoms with Gasteiger partial charge in [0.25, 0.3) is 0 Å². The summed E-state index contributed by atoms with van der Waals surface area (Å²) in [6.07, 6.45) is -0.640. The van der Waals surface area contributed by atoms with Crippen molar-refractivity contribution < 1.29 is 18.7 Å². The van der Waals surface area contributed by atoms with Crippen LogP contribution in [0.3, 0.4) is 0 Å². The average Bonchev–Trinajstić information content (AvgIpc) is 2.30. The van der Waals surface area contributed by atoms with Crippen molar-refractivity contribution in [1.29, 1.82) is 0 Å². The predicted octanol–water partition coefficient (Wildman–Crippen LogP) is 2.13. The molecule has 0 saturated carbocycles. The van der Waals surface area contributed by atoms with E-state index in [9.17, 15) is 18.7 Å². The van der Waals surface area contributed by atoms with E-state index in [1.54, 1.807) is 6.92 Å². The number of benzene rings is 1. The highest BCUT2D eigenvalue weighted by molar-refractivity contribution is 5.79. The molecule has 0 spiro atoms. The Balaban J connectivity index is 2.78. The number of hydrogen-bond acceptors (Lipinski definition) is 2. The molecule has 1 atom stereocenters. The van der Waals surface area contributed by atoms with Crippen molar-refractivity contribution in [3.63, 3.8) is 0 Å². The first-order chi connectivity index (χ1) is 8.81. The minimum atomic E-state index is -0.961. The maximum Gasteiger partial charge on any atom is 0.227 e. The molecule has 0 aliphatic carbocycles. The van der Waals surface area contributed by atoms with Gasteiger partial charge >= 0.3 is 0 Å². The van der Waals surface area contributed by atoms with Crippen LogP contribution in [0.2, 0.25) is 0 Å². The lowest BCUT2D eigenvalue weighted by atomic mass is 10.1. The summed E-state index contributed by atoms with van der Waals surface area (Å²) in [7, 11) is 0. The molecule has 0 saturated heterocycles. The number of aliphatic hydroxyl groups is 1. The predicted molar refractivity (Wildman–Crippen MR) is 68.6 cm³/mol. The molecule has 0 aromatic heterocycles. The number of aliphatic hydroxyl groups excluding tert-OH is 1. The van der Waals surface area contributed by atoms with Crippen LogP contribution in [0.5, 0.6) is 0 Å². The zero-order chi connectivity index (χ0) is 14.6. The fourth-order valence-electron chi connectivity index (χ4n) is 1.81. The lowest BCUT2D eigenvalue weighted by Gasteiger charge is -2.28. The fourth-order valence-corrected chi connectivity index (χ4v) is 1.81. The van der Waals surface area contributed by atoms with Gasteiger partial charge in [-0.1, -0.05) is 6.07 Å². The topological polar surface area (TPSA) is 40.5 Å². The Hall–Kier alpha value is -1.49. The van der Waals surface area contributed by atoms with Crippen LogP contribution < -0.4 is 0 Å². The fraction of sp³-hybridized carbons (Fsp3) is 0.500. The zero-order valence-corrected chi connectivity index (χ0v) is 11.4. The van der Waals surface area contributed by atoms with E-state index in [0.717, 1.165) is 12.1 Å². The quantitative estimate of drug-likeness (QED) is 0.891. The molecule has 19 heavy (non-hydrogen) atoms. The molecule has 0 bridgehead atoms. The normalized spacial score (nSPS) is 12.6. The minimum absolute atomic E-state index is 0.0118. The van der Waals surface area contributed by atoms with Gasteiger partial charge in [-0.15, -0.1) is 0 Å². The van der Waals surface area contributed by atoms with E-state index in [4.69, 9.17) is 0 Å². The van der Waals surface area contributed by atoms with Gasteiger partial charge in [-0.05, 0) is 38.5 Å². The van der Waals surface area contributed by atoms with E-state index >= 15 is 0 Å². The van der Waals surface area contributed by atoms with E-state index < -0.39 is 17.7 Å². The first-order valence-electron chi connectivity index (χ1n) is 6.22. The molecule has 1 amide bonds. The average molecular weight is 271 g/mol. The smallest absolute Gasteiger partial charge is 0.227 e. The highest BCUT2D eigenvalue weighted by Crippen LogP contribution is 2.11. The standard InChI is InChI=1S/C14H19F2NO2/c1-9(2)17(8-10(3)18)14(19)7-11-4-5-12(15)13(16)6-11/h4-6,9-10,18H,7-8H2,1-3H3/t10-/m1/s1. The highest BCUT2D eigenvalue weighted by atomic mass is 19.2. The van der Waals surface area contributed by atoms with Gasteiger partial charge in [0.1, 0.15) is 0 Å². The summed E-state index contributed by atoms with van der Waals surface area (Å²) in [4.78, 5) is 13.6. The Morgan fingerprint density at radius 1 is 1.26 bits per heavy atom. The lowest BCUT2D eigenvalue weighted by molar-refractivity contribution is -0.133. The number of halogens is 2. The number of hydrogen-bond donors (Lipinski definition) is 1. The monoisotopic (exact) mass is 271 g/mol. The van der Waals surface area contributed by atoms with Crippen molar-refractivity contribution in [3.05, 3.63) is 35.4 Å². The summed E-state index contributed by atoms with van der Waals surface area (Å²) in [6, 6.07) is 3.35. The molecule has 1 rings (SSSR count). The van der Waals surface area contributed by atoms with Gasteiger partial charge < -0.3 is 10.0 Å². The third kappa shape index (κ3) is 4.59. The van der Waals surface area contributed by atoms with Crippen LogP contribution in [0.1, 0.15) is 26.3 Å². The number of carbonyl (C=O) groups excluding carboxylic acids is 1. The third-order valence-corrected chi connectivity index (χ3v) is 2.74. The molecule has 0 fully saturated rings. The van der Waals surface area contributed by atoms with E-state index in [0.29, 0.717) is 5.56 Å². The van der Waals surface area contributed by atoms with Crippen LogP contribution >= 0.6 is 0 Å². The molecule has 1 aromatic carbocycles. The van der Waals surface area contributed by atoms with Gasteiger partial charge in [0.15, 0.2) is 11.6 Å². The summed E-state index contributed by atoms with van der Waals surface area (Å²) < 4.78 is 25.9. The van der Waals surface area contributed by atoms with Gasteiger partial charge in [0, 0.05) is 12.6 Å². The van der Waals surface area contributed by atoms with Gasteiger partial charge in [-0.3, -0.25) is 4.79 Å². The summed E-state index contributed by atoms with van der Waals surface area (Å²) >= 11 is 0. The lowest BCUT2D eigenvalue weighted by Crippen LogP contribution is -2.42. The van der Waals surface area contributed by atoms with Crippen molar-refractivity contribution in [2.45, 2.75) is 39.3 Å².